The average molecular weight is 384 g/mol. The van der Waals surface area contributed by atoms with Gasteiger partial charge in [0.05, 0.1) is 16.8 Å². The van der Waals surface area contributed by atoms with E-state index in [0.29, 0.717) is 22.3 Å². The number of carbonyl (C=O) groups is 1. The third-order valence-corrected chi connectivity index (χ3v) is 3.93. The number of nitrogens with zero attached hydrogens (tertiary/aromatic N) is 2. The molecular formula is C19H14ClN3O4. The fraction of sp³-hybridized carbons (Fsp3) is 0.0526. The summed E-state index contributed by atoms with van der Waals surface area (Å²) < 4.78 is 5.69. The summed E-state index contributed by atoms with van der Waals surface area (Å²) >= 11 is 5.92. The van der Waals surface area contributed by atoms with Gasteiger partial charge in [-0.05, 0) is 42.8 Å². The highest BCUT2D eigenvalue weighted by Crippen LogP contribution is 2.27. The fourth-order valence-corrected chi connectivity index (χ4v) is 2.60. The summed E-state index contributed by atoms with van der Waals surface area (Å²) in [6, 6.07) is 14.1. The molecule has 0 saturated carbocycles. The van der Waals surface area contributed by atoms with Gasteiger partial charge in [0.15, 0.2) is 0 Å². The molecule has 0 saturated heterocycles. The number of carbonyl (C=O) groups excluding carboxylic acids is 1. The van der Waals surface area contributed by atoms with Crippen LogP contribution in [0.15, 0.2) is 60.8 Å². The van der Waals surface area contributed by atoms with Crippen molar-refractivity contribution < 1.29 is 14.5 Å². The molecule has 7 nitrogen and oxygen atoms in total. The number of para-hydroxylation sites is 1. The number of aromatic nitrogens is 1. The van der Waals surface area contributed by atoms with Crippen LogP contribution in [0.4, 0.5) is 11.4 Å². The van der Waals surface area contributed by atoms with Gasteiger partial charge >= 0.3 is 0 Å². The number of nitrogens with one attached hydrogen (secondary N) is 1. The van der Waals surface area contributed by atoms with Crippen LogP contribution in [0.2, 0.25) is 5.02 Å². The van der Waals surface area contributed by atoms with Crippen molar-refractivity contribution in [1.29, 1.82) is 0 Å². The van der Waals surface area contributed by atoms with Crippen molar-refractivity contribution >= 4 is 28.9 Å². The summed E-state index contributed by atoms with van der Waals surface area (Å²) in [5, 5.41) is 14.2. The van der Waals surface area contributed by atoms with Gasteiger partial charge in [0.1, 0.15) is 11.3 Å². The molecule has 1 heterocycles. The Morgan fingerprint density at radius 2 is 1.96 bits per heavy atom. The predicted octanol–water partition coefficient (Wildman–Crippen LogP) is 5.00. The maximum atomic E-state index is 12.3. The van der Waals surface area contributed by atoms with Gasteiger partial charge in [-0.15, -0.1) is 0 Å². The van der Waals surface area contributed by atoms with Crippen LogP contribution in [-0.2, 0) is 0 Å². The highest BCUT2D eigenvalue weighted by Gasteiger charge is 2.19. The van der Waals surface area contributed by atoms with Crippen molar-refractivity contribution in [3.63, 3.8) is 0 Å². The van der Waals surface area contributed by atoms with Crippen LogP contribution in [0, 0.1) is 17.0 Å². The van der Waals surface area contributed by atoms with Crippen LogP contribution in [-0.4, -0.2) is 15.8 Å². The van der Waals surface area contributed by atoms with Gasteiger partial charge in [0, 0.05) is 17.2 Å². The van der Waals surface area contributed by atoms with E-state index in [4.69, 9.17) is 16.3 Å². The van der Waals surface area contributed by atoms with Crippen LogP contribution in [0.3, 0.4) is 0 Å². The SMILES string of the molecule is Cc1cc(Cl)ccc1Oc1ccc(NC(=O)c2ccccc2[N+](=O)[O-])cn1. The maximum Gasteiger partial charge on any atom is 0.282 e. The van der Waals surface area contributed by atoms with Crippen molar-refractivity contribution in [3.8, 4) is 11.6 Å². The smallest absolute Gasteiger partial charge is 0.282 e. The highest BCUT2D eigenvalue weighted by molar-refractivity contribution is 6.30. The monoisotopic (exact) mass is 383 g/mol. The minimum atomic E-state index is -0.599. The largest absolute Gasteiger partial charge is 0.439 e. The normalized spacial score (nSPS) is 10.3. The zero-order valence-corrected chi connectivity index (χ0v) is 14.9. The number of aryl methyl sites for hydroxylation is 1. The first-order valence-corrected chi connectivity index (χ1v) is 8.26. The first-order valence-electron chi connectivity index (χ1n) is 7.89. The molecule has 0 aliphatic rings. The third-order valence-electron chi connectivity index (χ3n) is 3.69. The van der Waals surface area contributed by atoms with E-state index in [2.05, 4.69) is 10.3 Å². The van der Waals surface area contributed by atoms with Gasteiger partial charge in [0.25, 0.3) is 11.6 Å². The highest BCUT2D eigenvalue weighted by atomic mass is 35.5. The second-order valence-corrected chi connectivity index (χ2v) is 6.06. The van der Waals surface area contributed by atoms with E-state index in [1.807, 2.05) is 6.92 Å². The molecule has 136 valence electrons. The molecule has 0 aliphatic heterocycles. The predicted molar refractivity (Wildman–Crippen MR) is 102 cm³/mol. The van der Waals surface area contributed by atoms with Gasteiger partial charge in [-0.25, -0.2) is 4.98 Å². The molecule has 1 N–H and O–H groups in total. The van der Waals surface area contributed by atoms with E-state index < -0.39 is 10.8 Å². The molecule has 1 amide bonds. The number of anilines is 1. The van der Waals surface area contributed by atoms with Crippen molar-refractivity contribution in [3.05, 3.63) is 87.1 Å². The van der Waals surface area contributed by atoms with Gasteiger partial charge in [-0.3, -0.25) is 14.9 Å². The molecule has 0 unspecified atom stereocenters. The number of halogens is 1. The average Bonchev–Trinajstić information content (AvgIpc) is 2.65. The molecule has 1 aromatic heterocycles. The minimum absolute atomic E-state index is 0.0281. The summed E-state index contributed by atoms with van der Waals surface area (Å²) in [6.45, 7) is 1.86. The summed E-state index contributed by atoms with van der Waals surface area (Å²) in [5.74, 6) is 0.360. The lowest BCUT2D eigenvalue weighted by Crippen LogP contribution is -2.14. The first-order chi connectivity index (χ1) is 12.9. The number of rotatable bonds is 5. The lowest BCUT2D eigenvalue weighted by atomic mass is 10.1. The van der Waals surface area contributed by atoms with Crippen molar-refractivity contribution in [2.75, 3.05) is 5.32 Å². The maximum absolute atomic E-state index is 12.3. The standard InChI is InChI=1S/C19H14ClN3O4/c1-12-10-13(20)6-8-17(12)27-18-9-7-14(11-21-18)22-19(24)15-4-2-3-5-16(15)23(25)26/h2-11H,1H3,(H,22,24). The van der Waals surface area contributed by atoms with Crippen molar-refractivity contribution in [1.82, 2.24) is 4.98 Å². The van der Waals surface area contributed by atoms with E-state index >= 15 is 0 Å². The zero-order valence-electron chi connectivity index (χ0n) is 14.2. The molecule has 27 heavy (non-hydrogen) atoms. The van der Waals surface area contributed by atoms with Crippen molar-refractivity contribution in [2.24, 2.45) is 0 Å². The number of hydrogen-bond donors (Lipinski definition) is 1. The first kappa shape index (κ1) is 18.3. The van der Waals surface area contributed by atoms with Crippen LogP contribution in [0.25, 0.3) is 0 Å². The number of nitro benzene ring substituents is 1. The summed E-state index contributed by atoms with van der Waals surface area (Å²) in [4.78, 5) is 26.9. The Balaban J connectivity index is 1.72. The molecule has 0 atom stereocenters. The second-order valence-electron chi connectivity index (χ2n) is 5.63. The fourth-order valence-electron chi connectivity index (χ4n) is 2.38. The Hall–Kier alpha value is -3.45. The van der Waals surface area contributed by atoms with Crippen LogP contribution in [0.5, 0.6) is 11.6 Å². The van der Waals surface area contributed by atoms with Crippen molar-refractivity contribution in [2.45, 2.75) is 6.92 Å². The molecule has 3 aromatic rings. The Labute approximate surface area is 159 Å². The van der Waals surface area contributed by atoms with Gasteiger partial charge in [-0.2, -0.15) is 0 Å². The number of pyridine rings is 1. The molecule has 3 rings (SSSR count). The van der Waals surface area contributed by atoms with Gasteiger partial charge in [-0.1, -0.05) is 23.7 Å². The minimum Gasteiger partial charge on any atom is -0.439 e. The topological polar surface area (TPSA) is 94.4 Å². The molecule has 0 radical (unpaired) electrons. The Morgan fingerprint density at radius 3 is 2.63 bits per heavy atom. The quantitative estimate of drug-likeness (QED) is 0.494. The summed E-state index contributed by atoms with van der Waals surface area (Å²) in [6.07, 6.45) is 1.41. The second kappa shape index (κ2) is 7.84. The number of nitro groups is 1. The van der Waals surface area contributed by atoms with E-state index in [-0.39, 0.29) is 11.3 Å². The van der Waals surface area contributed by atoms with Crippen LogP contribution >= 0.6 is 11.6 Å². The zero-order chi connectivity index (χ0) is 19.4. The van der Waals surface area contributed by atoms with E-state index in [9.17, 15) is 14.9 Å². The van der Waals surface area contributed by atoms with E-state index in [1.54, 1.807) is 36.4 Å². The lowest BCUT2D eigenvalue weighted by molar-refractivity contribution is -0.385. The molecule has 0 fully saturated rings. The van der Waals surface area contributed by atoms with Gasteiger partial charge in [0.2, 0.25) is 5.88 Å². The van der Waals surface area contributed by atoms with Crippen LogP contribution < -0.4 is 10.1 Å². The van der Waals surface area contributed by atoms with E-state index in [1.165, 1.54) is 24.4 Å². The third kappa shape index (κ3) is 4.39. The molecule has 0 spiro atoms. The van der Waals surface area contributed by atoms with E-state index in [0.717, 1.165) is 5.56 Å². The number of amides is 1. The molecule has 8 heteroatoms. The summed E-state index contributed by atoms with van der Waals surface area (Å²) in [5.41, 5.74) is 0.956. The summed E-state index contributed by atoms with van der Waals surface area (Å²) in [7, 11) is 0. The van der Waals surface area contributed by atoms with Gasteiger partial charge < -0.3 is 10.1 Å². The number of ether oxygens (including phenoxy) is 1. The lowest BCUT2D eigenvalue weighted by Gasteiger charge is -2.09. The molecule has 0 aliphatic carbocycles. The Kier molecular flexibility index (Phi) is 5.33. The molecular weight excluding hydrogens is 370 g/mol. The number of hydrogen-bond acceptors (Lipinski definition) is 5. The molecule has 2 aromatic carbocycles. The van der Waals surface area contributed by atoms with Crippen LogP contribution in [0.1, 0.15) is 15.9 Å². The Bertz CT molecular complexity index is 1010. The Morgan fingerprint density at radius 1 is 1.19 bits per heavy atom. The molecule has 0 bridgehead atoms. The number of benzene rings is 2.